The van der Waals surface area contributed by atoms with E-state index in [2.05, 4.69) is 26.8 Å². The highest BCUT2D eigenvalue weighted by atomic mass is 16.1. The standard InChI is InChI=1S/C10H15NO/c1-4-9(2,3)10(7-11)5-8(12)6-10/h4-6H2,1-3H3. The molecular weight excluding hydrogens is 150 g/mol. The first-order chi connectivity index (χ1) is 5.47. The Balaban J connectivity index is 2.85. The largest absolute Gasteiger partial charge is 0.300 e. The van der Waals surface area contributed by atoms with Crippen molar-refractivity contribution in [2.75, 3.05) is 0 Å². The monoisotopic (exact) mass is 165 g/mol. The molecule has 0 radical (unpaired) electrons. The molecule has 0 atom stereocenters. The lowest BCUT2D eigenvalue weighted by Gasteiger charge is -2.46. The summed E-state index contributed by atoms with van der Waals surface area (Å²) >= 11 is 0. The van der Waals surface area contributed by atoms with Crippen molar-refractivity contribution in [1.29, 1.82) is 5.26 Å². The number of Topliss-reactive ketones (excluding diaryl/α,β-unsaturated/α-hetero) is 1. The minimum absolute atomic E-state index is 0.0182. The molecule has 2 nitrogen and oxygen atoms in total. The Kier molecular flexibility index (Phi) is 1.99. The number of ketones is 1. The van der Waals surface area contributed by atoms with Gasteiger partial charge in [0.25, 0.3) is 0 Å². The van der Waals surface area contributed by atoms with Gasteiger partial charge < -0.3 is 0 Å². The first-order valence-corrected chi connectivity index (χ1v) is 4.40. The van der Waals surface area contributed by atoms with Gasteiger partial charge >= 0.3 is 0 Å². The summed E-state index contributed by atoms with van der Waals surface area (Å²) in [5, 5.41) is 9.02. The molecule has 1 fully saturated rings. The predicted octanol–water partition coefficient (Wildman–Crippen LogP) is 2.30. The highest BCUT2D eigenvalue weighted by Gasteiger charge is 2.53. The van der Waals surface area contributed by atoms with Crippen molar-refractivity contribution in [1.82, 2.24) is 0 Å². The zero-order valence-corrected chi connectivity index (χ0v) is 7.98. The molecule has 1 aliphatic carbocycles. The molecule has 66 valence electrons. The fourth-order valence-electron chi connectivity index (χ4n) is 1.67. The predicted molar refractivity (Wildman–Crippen MR) is 46.4 cm³/mol. The van der Waals surface area contributed by atoms with E-state index in [1.807, 2.05) is 0 Å². The van der Waals surface area contributed by atoms with Crippen molar-refractivity contribution in [3.05, 3.63) is 0 Å². The summed E-state index contributed by atoms with van der Waals surface area (Å²) in [6.07, 6.45) is 1.88. The zero-order valence-electron chi connectivity index (χ0n) is 7.98. The number of carbonyl (C=O) groups excluding carboxylic acids is 1. The van der Waals surface area contributed by atoms with Crippen LogP contribution in [0.3, 0.4) is 0 Å². The van der Waals surface area contributed by atoms with Gasteiger partial charge in [-0.25, -0.2) is 0 Å². The van der Waals surface area contributed by atoms with Crippen LogP contribution in [0.1, 0.15) is 40.0 Å². The van der Waals surface area contributed by atoms with E-state index in [0.29, 0.717) is 12.8 Å². The minimum Gasteiger partial charge on any atom is -0.300 e. The van der Waals surface area contributed by atoms with Crippen LogP contribution in [0.15, 0.2) is 0 Å². The molecule has 0 heterocycles. The molecule has 0 aliphatic heterocycles. The number of nitriles is 1. The third-order valence-corrected chi connectivity index (χ3v) is 3.39. The number of hydrogen-bond donors (Lipinski definition) is 0. The average Bonchev–Trinajstić information content (AvgIpc) is 1.98. The third kappa shape index (κ3) is 1.04. The molecule has 1 aliphatic rings. The maximum Gasteiger partial charge on any atom is 0.136 e. The topological polar surface area (TPSA) is 40.9 Å². The van der Waals surface area contributed by atoms with Crippen molar-refractivity contribution in [2.45, 2.75) is 40.0 Å². The molecule has 0 spiro atoms. The molecule has 0 bridgehead atoms. The Morgan fingerprint density at radius 2 is 2.08 bits per heavy atom. The molecule has 0 unspecified atom stereocenters. The maximum absolute atomic E-state index is 10.9. The smallest absolute Gasteiger partial charge is 0.136 e. The van der Waals surface area contributed by atoms with Crippen molar-refractivity contribution >= 4 is 5.78 Å². The van der Waals surface area contributed by atoms with E-state index in [1.165, 1.54) is 0 Å². The summed E-state index contributed by atoms with van der Waals surface area (Å²) in [5.74, 6) is 0.234. The van der Waals surface area contributed by atoms with Gasteiger partial charge in [-0.05, 0) is 11.8 Å². The quantitative estimate of drug-likeness (QED) is 0.630. The summed E-state index contributed by atoms with van der Waals surface area (Å²) in [6.45, 7) is 6.22. The summed E-state index contributed by atoms with van der Waals surface area (Å²) in [5.41, 5.74) is -0.380. The third-order valence-electron chi connectivity index (χ3n) is 3.39. The van der Waals surface area contributed by atoms with Gasteiger partial charge in [0.1, 0.15) is 5.78 Å². The van der Waals surface area contributed by atoms with Gasteiger partial charge in [-0.15, -0.1) is 0 Å². The Hall–Kier alpha value is -0.840. The lowest BCUT2D eigenvalue weighted by molar-refractivity contribution is -0.135. The molecule has 0 amide bonds. The number of rotatable bonds is 2. The van der Waals surface area contributed by atoms with E-state index in [1.54, 1.807) is 0 Å². The Morgan fingerprint density at radius 3 is 2.33 bits per heavy atom. The van der Waals surface area contributed by atoms with Crippen molar-refractivity contribution in [3.8, 4) is 6.07 Å². The molecule has 1 rings (SSSR count). The van der Waals surface area contributed by atoms with Gasteiger partial charge in [-0.3, -0.25) is 4.79 Å². The van der Waals surface area contributed by atoms with E-state index in [-0.39, 0.29) is 16.6 Å². The van der Waals surface area contributed by atoms with Gasteiger partial charge in [0.15, 0.2) is 0 Å². The first kappa shape index (κ1) is 9.25. The number of nitrogens with zero attached hydrogens (tertiary/aromatic N) is 1. The van der Waals surface area contributed by atoms with Crippen LogP contribution in [-0.4, -0.2) is 5.78 Å². The second-order valence-electron chi connectivity index (χ2n) is 4.32. The maximum atomic E-state index is 10.9. The van der Waals surface area contributed by atoms with Crippen LogP contribution < -0.4 is 0 Å². The minimum atomic E-state index is -0.362. The lowest BCUT2D eigenvalue weighted by Crippen LogP contribution is -2.47. The molecular formula is C10H15NO. The zero-order chi connectivity index (χ0) is 9.41. The second-order valence-corrected chi connectivity index (χ2v) is 4.32. The molecule has 2 heteroatoms. The Labute approximate surface area is 73.6 Å². The van der Waals surface area contributed by atoms with Gasteiger partial charge in [0, 0.05) is 12.8 Å². The van der Waals surface area contributed by atoms with Crippen LogP contribution >= 0.6 is 0 Å². The highest BCUT2D eigenvalue weighted by Crippen LogP contribution is 2.53. The molecule has 0 saturated heterocycles. The summed E-state index contributed by atoms with van der Waals surface area (Å²) < 4.78 is 0. The lowest BCUT2D eigenvalue weighted by atomic mass is 9.54. The summed E-state index contributed by atoms with van der Waals surface area (Å²) in [6, 6.07) is 2.32. The number of hydrogen-bond acceptors (Lipinski definition) is 2. The van der Waals surface area contributed by atoms with E-state index in [4.69, 9.17) is 5.26 Å². The van der Waals surface area contributed by atoms with Crippen LogP contribution in [0.2, 0.25) is 0 Å². The van der Waals surface area contributed by atoms with Crippen molar-refractivity contribution in [3.63, 3.8) is 0 Å². The summed E-state index contributed by atoms with van der Waals surface area (Å²) in [4.78, 5) is 10.9. The molecule has 0 aromatic heterocycles. The fourth-order valence-corrected chi connectivity index (χ4v) is 1.67. The van der Waals surface area contributed by atoms with Crippen molar-refractivity contribution in [2.24, 2.45) is 10.8 Å². The van der Waals surface area contributed by atoms with E-state index >= 15 is 0 Å². The Morgan fingerprint density at radius 1 is 1.58 bits per heavy atom. The van der Waals surface area contributed by atoms with Crippen LogP contribution in [-0.2, 0) is 4.79 Å². The molecule has 12 heavy (non-hydrogen) atoms. The SMILES string of the molecule is CCC(C)(C)C1(C#N)CC(=O)C1. The normalized spacial score (nSPS) is 21.3. The number of carbonyl (C=O) groups is 1. The van der Waals surface area contributed by atoms with E-state index in [9.17, 15) is 4.79 Å². The van der Waals surface area contributed by atoms with E-state index < -0.39 is 0 Å². The molecule has 0 N–H and O–H groups in total. The van der Waals surface area contributed by atoms with E-state index in [0.717, 1.165) is 6.42 Å². The first-order valence-electron chi connectivity index (χ1n) is 4.40. The van der Waals surface area contributed by atoms with Crippen LogP contribution in [0.4, 0.5) is 0 Å². The van der Waals surface area contributed by atoms with Gasteiger partial charge in [0.2, 0.25) is 0 Å². The van der Waals surface area contributed by atoms with Gasteiger partial charge in [-0.1, -0.05) is 20.8 Å². The van der Waals surface area contributed by atoms with Crippen molar-refractivity contribution < 1.29 is 4.79 Å². The fraction of sp³-hybridized carbons (Fsp3) is 0.800. The van der Waals surface area contributed by atoms with Crippen LogP contribution in [0, 0.1) is 22.2 Å². The van der Waals surface area contributed by atoms with Gasteiger partial charge in [-0.2, -0.15) is 5.26 Å². The highest BCUT2D eigenvalue weighted by molar-refractivity contribution is 5.87. The van der Waals surface area contributed by atoms with Crippen LogP contribution in [0.5, 0.6) is 0 Å². The summed E-state index contributed by atoms with van der Waals surface area (Å²) in [7, 11) is 0. The molecule has 1 saturated carbocycles. The molecule has 0 aromatic rings. The average molecular weight is 165 g/mol. The van der Waals surface area contributed by atoms with Crippen LogP contribution in [0.25, 0.3) is 0 Å². The Bertz CT molecular complexity index is 239. The molecule has 0 aromatic carbocycles. The van der Waals surface area contributed by atoms with Gasteiger partial charge in [0.05, 0.1) is 11.5 Å². The second kappa shape index (κ2) is 2.58.